The van der Waals surface area contributed by atoms with Crippen molar-refractivity contribution in [3.63, 3.8) is 0 Å². The number of carbonyl (C=O) groups is 3. The molecule has 2 aromatic carbocycles. The molecule has 8 heteroatoms. The quantitative estimate of drug-likeness (QED) is 0.614. The minimum absolute atomic E-state index is 0.0156. The number of fused-ring (bicyclic) bond motifs is 3. The van der Waals surface area contributed by atoms with Crippen LogP contribution in [0.4, 0.5) is 15.8 Å². The molecule has 30 heavy (non-hydrogen) atoms. The molecule has 2 aliphatic heterocycles. The van der Waals surface area contributed by atoms with Crippen LogP contribution in [-0.2, 0) is 34.8 Å². The van der Waals surface area contributed by atoms with Gasteiger partial charge in [0.2, 0.25) is 5.41 Å². The number of rotatable bonds is 4. The van der Waals surface area contributed by atoms with Gasteiger partial charge in [0, 0.05) is 29.5 Å². The molecule has 2 aromatic rings. The minimum Gasteiger partial charge on any atom is -0.465 e. The first kappa shape index (κ1) is 19.9. The summed E-state index contributed by atoms with van der Waals surface area (Å²) in [6.07, 6.45) is 0. The maximum absolute atomic E-state index is 14.1. The van der Waals surface area contributed by atoms with E-state index in [-0.39, 0.29) is 24.5 Å². The van der Waals surface area contributed by atoms with Gasteiger partial charge in [0.25, 0.3) is 5.91 Å². The van der Waals surface area contributed by atoms with Gasteiger partial charge in [-0.25, -0.2) is 4.39 Å². The monoisotopic (exact) mass is 412 g/mol. The van der Waals surface area contributed by atoms with Gasteiger partial charge in [-0.1, -0.05) is 24.3 Å². The van der Waals surface area contributed by atoms with Crippen LogP contribution in [0.3, 0.4) is 0 Å². The molecule has 4 rings (SSSR count). The van der Waals surface area contributed by atoms with E-state index in [1.807, 2.05) is 0 Å². The van der Waals surface area contributed by atoms with Crippen molar-refractivity contribution in [1.29, 1.82) is 0 Å². The molecule has 1 atom stereocenters. The smallest absolute Gasteiger partial charge is 0.331 e. The normalized spacial score (nSPS) is 20.5. The Balaban J connectivity index is 2.14. The van der Waals surface area contributed by atoms with Crippen LogP contribution in [-0.4, -0.2) is 38.1 Å². The maximum atomic E-state index is 14.1. The molecule has 1 spiro atoms. The second-order valence-corrected chi connectivity index (χ2v) is 7.14. The Bertz CT molecular complexity index is 1050. The molecule has 0 unspecified atom stereocenters. The Labute approximate surface area is 172 Å². The lowest BCUT2D eigenvalue weighted by Crippen LogP contribution is -2.64. The number of anilines is 2. The average Bonchev–Trinajstić information content (AvgIpc) is 3.14. The summed E-state index contributed by atoms with van der Waals surface area (Å²) in [7, 11) is 1.56. The number of esters is 2. The van der Waals surface area contributed by atoms with Gasteiger partial charge in [0.1, 0.15) is 5.82 Å². The fraction of sp³-hybridized carbons (Fsp3) is 0.318. The van der Waals surface area contributed by atoms with Crippen LogP contribution in [0.1, 0.15) is 25.0 Å². The van der Waals surface area contributed by atoms with Crippen LogP contribution < -0.4 is 10.2 Å². The van der Waals surface area contributed by atoms with Crippen LogP contribution in [0.25, 0.3) is 0 Å². The van der Waals surface area contributed by atoms with Gasteiger partial charge >= 0.3 is 11.9 Å². The Hall–Kier alpha value is -3.42. The molecule has 0 aliphatic carbocycles. The van der Waals surface area contributed by atoms with Crippen molar-refractivity contribution in [3.05, 3.63) is 59.4 Å². The fourth-order valence-corrected chi connectivity index (χ4v) is 4.58. The first-order chi connectivity index (χ1) is 14.4. The molecule has 1 amide bonds. The molecule has 0 bridgehead atoms. The van der Waals surface area contributed by atoms with E-state index in [4.69, 9.17) is 9.47 Å². The summed E-state index contributed by atoms with van der Waals surface area (Å²) >= 11 is 0. The zero-order valence-corrected chi connectivity index (χ0v) is 16.8. The van der Waals surface area contributed by atoms with Crippen molar-refractivity contribution in [3.8, 4) is 0 Å². The Morgan fingerprint density at radius 2 is 1.67 bits per heavy atom. The fourth-order valence-electron chi connectivity index (χ4n) is 4.58. The van der Waals surface area contributed by atoms with Crippen molar-refractivity contribution < 1.29 is 28.2 Å². The lowest BCUT2D eigenvalue weighted by Gasteiger charge is -2.38. The topological polar surface area (TPSA) is 84.9 Å². The molecule has 0 aromatic heterocycles. The highest BCUT2D eigenvalue weighted by Gasteiger charge is 2.76. The average molecular weight is 412 g/mol. The lowest BCUT2D eigenvalue weighted by molar-refractivity contribution is -0.170. The highest BCUT2D eigenvalue weighted by molar-refractivity contribution is 6.23. The third kappa shape index (κ3) is 2.21. The lowest BCUT2D eigenvalue weighted by atomic mass is 9.64. The highest BCUT2D eigenvalue weighted by Crippen LogP contribution is 2.59. The zero-order chi connectivity index (χ0) is 21.7. The van der Waals surface area contributed by atoms with Crippen LogP contribution in [0.5, 0.6) is 0 Å². The van der Waals surface area contributed by atoms with Crippen molar-refractivity contribution in [1.82, 2.24) is 0 Å². The molecule has 0 saturated carbocycles. The summed E-state index contributed by atoms with van der Waals surface area (Å²) in [6.45, 7) is 3.18. The molecule has 2 heterocycles. The van der Waals surface area contributed by atoms with E-state index >= 15 is 0 Å². The van der Waals surface area contributed by atoms with Gasteiger partial charge in [-0.15, -0.1) is 0 Å². The van der Waals surface area contributed by atoms with E-state index in [9.17, 15) is 18.8 Å². The maximum Gasteiger partial charge on any atom is 0.331 e. The molecule has 0 radical (unpaired) electrons. The molecule has 0 fully saturated rings. The first-order valence-corrected chi connectivity index (χ1v) is 9.66. The molecule has 156 valence electrons. The standard InChI is InChI=1S/C22H21FN2O5/c1-4-29-19(27)21(20(28)30-5-2)14-11-10-13(23)12-16(14)24-22(21)15-8-6-7-9-17(15)25(3)18(22)26/h6-12,24H,4-5H2,1-3H3/t22-/m0/s1. The number of amides is 1. The van der Waals surface area contributed by atoms with Crippen LogP contribution in [0.2, 0.25) is 0 Å². The van der Waals surface area contributed by atoms with E-state index in [1.165, 1.54) is 11.0 Å². The zero-order valence-electron chi connectivity index (χ0n) is 16.8. The van der Waals surface area contributed by atoms with Gasteiger partial charge in [-0.05, 0) is 32.0 Å². The molecule has 0 saturated heterocycles. The third-order valence-corrected chi connectivity index (χ3v) is 5.73. The number of benzene rings is 2. The Morgan fingerprint density at radius 3 is 2.30 bits per heavy atom. The van der Waals surface area contributed by atoms with Crippen LogP contribution >= 0.6 is 0 Å². The van der Waals surface area contributed by atoms with Crippen LogP contribution in [0.15, 0.2) is 42.5 Å². The number of likely N-dealkylation sites (N-methyl/N-ethyl adjacent to an activating group) is 1. The Morgan fingerprint density at radius 1 is 1.03 bits per heavy atom. The second kappa shape index (κ2) is 6.83. The largest absolute Gasteiger partial charge is 0.465 e. The summed E-state index contributed by atoms with van der Waals surface area (Å²) in [5.41, 5.74) is -2.81. The predicted molar refractivity (Wildman–Crippen MR) is 106 cm³/mol. The van der Waals surface area contributed by atoms with Gasteiger partial charge < -0.3 is 19.7 Å². The van der Waals surface area contributed by atoms with Gasteiger partial charge in [0.05, 0.1) is 13.2 Å². The van der Waals surface area contributed by atoms with E-state index in [2.05, 4.69) is 5.32 Å². The first-order valence-electron chi connectivity index (χ1n) is 9.66. The van der Waals surface area contributed by atoms with Crippen molar-refractivity contribution >= 4 is 29.2 Å². The number of nitrogens with one attached hydrogen (secondary N) is 1. The van der Waals surface area contributed by atoms with Crippen molar-refractivity contribution in [2.24, 2.45) is 0 Å². The molecular formula is C22H21FN2O5. The van der Waals surface area contributed by atoms with Crippen LogP contribution in [0, 0.1) is 5.82 Å². The summed E-state index contributed by atoms with van der Waals surface area (Å²) in [4.78, 5) is 42.2. The van der Waals surface area contributed by atoms with Gasteiger partial charge in [0.15, 0.2) is 5.54 Å². The van der Waals surface area contributed by atoms with E-state index < -0.39 is 34.6 Å². The summed E-state index contributed by atoms with van der Waals surface area (Å²) in [6, 6.07) is 10.5. The highest BCUT2D eigenvalue weighted by atomic mass is 19.1. The van der Waals surface area contributed by atoms with Gasteiger partial charge in [-0.2, -0.15) is 0 Å². The number of para-hydroxylation sites is 1. The molecule has 1 N–H and O–H groups in total. The van der Waals surface area contributed by atoms with Crippen molar-refractivity contribution in [2.45, 2.75) is 24.8 Å². The van der Waals surface area contributed by atoms with Gasteiger partial charge in [-0.3, -0.25) is 14.4 Å². The number of hydrogen-bond acceptors (Lipinski definition) is 6. The Kier molecular flexibility index (Phi) is 4.52. The van der Waals surface area contributed by atoms with E-state index in [1.54, 1.807) is 45.2 Å². The van der Waals surface area contributed by atoms with Crippen molar-refractivity contribution in [2.75, 3.05) is 30.5 Å². The second-order valence-electron chi connectivity index (χ2n) is 7.14. The predicted octanol–water partition coefficient (Wildman–Crippen LogP) is 2.49. The minimum atomic E-state index is -2.18. The number of nitrogens with zero attached hydrogens (tertiary/aromatic N) is 1. The molecular weight excluding hydrogens is 391 g/mol. The molecule has 2 aliphatic rings. The molecule has 7 nitrogen and oxygen atoms in total. The SMILES string of the molecule is CCOC(=O)C1(C(=O)OCC)c2ccc(F)cc2N[C@@]12C(=O)N(C)c1ccccc12. The third-order valence-electron chi connectivity index (χ3n) is 5.73. The number of halogens is 1. The summed E-state index contributed by atoms with van der Waals surface area (Å²) < 4.78 is 24.7. The van der Waals surface area contributed by atoms with E-state index in [0.29, 0.717) is 11.3 Å². The number of ether oxygens (including phenoxy) is 2. The summed E-state index contributed by atoms with van der Waals surface area (Å²) in [5.74, 6) is -2.98. The summed E-state index contributed by atoms with van der Waals surface area (Å²) in [5, 5.41) is 3.02. The number of hydrogen-bond donors (Lipinski definition) is 1. The van der Waals surface area contributed by atoms with E-state index in [0.717, 1.165) is 12.1 Å². The number of carbonyl (C=O) groups excluding carboxylic acids is 3.